The largest absolute Gasteiger partial charge is 0.489 e. The van der Waals surface area contributed by atoms with Gasteiger partial charge < -0.3 is 20.1 Å². The van der Waals surface area contributed by atoms with Crippen LogP contribution in [0.2, 0.25) is 0 Å². The molecule has 0 aliphatic rings. The van der Waals surface area contributed by atoms with Gasteiger partial charge in [0.1, 0.15) is 17.7 Å². The van der Waals surface area contributed by atoms with Gasteiger partial charge in [0.2, 0.25) is 5.88 Å². The maximum atomic E-state index is 13.2. The molecule has 2 N–H and O–H groups in total. The number of ether oxygens (including phenoxy) is 2. The van der Waals surface area contributed by atoms with Crippen molar-refractivity contribution in [3.8, 4) is 11.6 Å². The van der Waals surface area contributed by atoms with Crippen molar-refractivity contribution in [2.24, 2.45) is 4.99 Å². The Bertz CT molecular complexity index is 715. The molecule has 8 heteroatoms. The summed E-state index contributed by atoms with van der Waals surface area (Å²) in [6.45, 7) is 2.92. The number of aromatic nitrogens is 1. The van der Waals surface area contributed by atoms with Crippen LogP contribution in [0.25, 0.3) is 0 Å². The van der Waals surface area contributed by atoms with Crippen molar-refractivity contribution < 1.29 is 13.9 Å². The normalized spacial score (nSPS) is 11.9. The van der Waals surface area contributed by atoms with E-state index in [2.05, 4.69) is 20.6 Å². The second-order valence-corrected chi connectivity index (χ2v) is 5.36. The number of benzene rings is 1. The zero-order valence-corrected chi connectivity index (χ0v) is 17.4. The molecule has 6 nitrogen and oxygen atoms in total. The lowest BCUT2D eigenvalue weighted by Gasteiger charge is -2.17. The number of hydrogen-bond donors (Lipinski definition) is 2. The van der Waals surface area contributed by atoms with Crippen molar-refractivity contribution in [1.29, 1.82) is 0 Å². The molecule has 0 radical (unpaired) electrons. The molecule has 0 spiro atoms. The van der Waals surface area contributed by atoms with Crippen molar-refractivity contribution in [3.63, 3.8) is 0 Å². The lowest BCUT2D eigenvalue weighted by Crippen LogP contribution is -2.41. The third-order valence-corrected chi connectivity index (χ3v) is 3.34. The summed E-state index contributed by atoms with van der Waals surface area (Å²) in [4.78, 5) is 8.49. The van der Waals surface area contributed by atoms with E-state index in [-0.39, 0.29) is 35.9 Å². The number of aliphatic imine (C=N–C) groups is 1. The summed E-state index contributed by atoms with van der Waals surface area (Å²) >= 11 is 0. The number of hydrogen-bond acceptors (Lipinski definition) is 4. The van der Waals surface area contributed by atoms with Crippen molar-refractivity contribution >= 4 is 29.9 Å². The monoisotopic (exact) mass is 474 g/mol. The van der Waals surface area contributed by atoms with Gasteiger partial charge in [-0.15, -0.1) is 24.0 Å². The molecule has 1 heterocycles. The van der Waals surface area contributed by atoms with E-state index in [0.29, 0.717) is 30.7 Å². The lowest BCUT2D eigenvalue weighted by molar-refractivity contribution is 0.223. The first-order valence-electron chi connectivity index (χ1n) is 7.97. The standard InChI is InChI=1S/C18H23FN4O2.HI/c1-13(25-16-8-4-6-14(19)10-16)11-21-18(20-2)22-12-15-7-5-9-17(23-15)24-3;/h4-10,13H,11-12H2,1-3H3,(H2,20,21,22);1H. The van der Waals surface area contributed by atoms with E-state index < -0.39 is 0 Å². The average molecular weight is 474 g/mol. The Morgan fingerprint density at radius 3 is 2.69 bits per heavy atom. The molecule has 142 valence electrons. The molecule has 0 bridgehead atoms. The first kappa shape index (κ1) is 21.9. The van der Waals surface area contributed by atoms with Gasteiger partial charge in [0.15, 0.2) is 5.96 Å². The molecular weight excluding hydrogens is 450 g/mol. The Kier molecular flexibility index (Phi) is 9.71. The van der Waals surface area contributed by atoms with Gasteiger partial charge in [-0.3, -0.25) is 4.99 Å². The molecule has 0 saturated heterocycles. The first-order chi connectivity index (χ1) is 12.1. The molecule has 1 aromatic heterocycles. The van der Waals surface area contributed by atoms with Crippen LogP contribution in [0.1, 0.15) is 12.6 Å². The second-order valence-electron chi connectivity index (χ2n) is 5.36. The van der Waals surface area contributed by atoms with Crippen molar-refractivity contribution in [1.82, 2.24) is 15.6 Å². The van der Waals surface area contributed by atoms with Crippen LogP contribution in [-0.4, -0.2) is 37.7 Å². The molecule has 26 heavy (non-hydrogen) atoms. The predicted molar refractivity (Wildman–Crippen MR) is 111 cm³/mol. The molecule has 1 aromatic carbocycles. The van der Waals surface area contributed by atoms with Gasteiger partial charge >= 0.3 is 0 Å². The fourth-order valence-corrected chi connectivity index (χ4v) is 2.12. The highest BCUT2D eigenvalue weighted by molar-refractivity contribution is 14.0. The van der Waals surface area contributed by atoms with Gasteiger partial charge in [-0.1, -0.05) is 12.1 Å². The fourth-order valence-electron chi connectivity index (χ4n) is 2.12. The highest BCUT2D eigenvalue weighted by Gasteiger charge is 2.07. The number of halogens is 2. The molecule has 1 atom stereocenters. The van der Waals surface area contributed by atoms with E-state index >= 15 is 0 Å². The maximum absolute atomic E-state index is 13.2. The zero-order valence-electron chi connectivity index (χ0n) is 15.0. The highest BCUT2D eigenvalue weighted by Crippen LogP contribution is 2.13. The van der Waals surface area contributed by atoms with Gasteiger partial charge in [-0.25, -0.2) is 9.37 Å². The number of nitrogens with zero attached hydrogens (tertiary/aromatic N) is 2. The molecule has 2 aromatic rings. The highest BCUT2D eigenvalue weighted by atomic mass is 127. The average Bonchev–Trinajstić information content (AvgIpc) is 2.62. The van der Waals surface area contributed by atoms with Crippen LogP contribution >= 0.6 is 24.0 Å². The predicted octanol–water partition coefficient (Wildman–Crippen LogP) is 2.98. The van der Waals surface area contributed by atoms with Crippen molar-refractivity contribution in [2.45, 2.75) is 19.6 Å². The van der Waals surface area contributed by atoms with Gasteiger partial charge in [0.05, 0.1) is 25.9 Å². The van der Waals surface area contributed by atoms with Crippen molar-refractivity contribution in [3.05, 3.63) is 54.0 Å². The van der Waals surface area contributed by atoms with E-state index in [1.165, 1.54) is 12.1 Å². The van der Waals surface area contributed by atoms with Gasteiger partial charge in [-0.05, 0) is 25.1 Å². The van der Waals surface area contributed by atoms with Crippen LogP contribution < -0.4 is 20.1 Å². The number of nitrogens with one attached hydrogen (secondary N) is 2. The Balaban J connectivity index is 0.00000338. The minimum absolute atomic E-state index is 0. The molecular formula is C18H24FIN4O2. The van der Waals surface area contributed by atoms with E-state index in [9.17, 15) is 4.39 Å². The molecule has 2 rings (SSSR count). The van der Waals surface area contributed by atoms with Gasteiger partial charge in [-0.2, -0.15) is 0 Å². The third kappa shape index (κ3) is 7.42. The second kappa shape index (κ2) is 11.5. The molecule has 0 aliphatic heterocycles. The number of rotatable bonds is 7. The van der Waals surface area contributed by atoms with Crippen LogP contribution in [-0.2, 0) is 6.54 Å². The molecule has 0 saturated carbocycles. The minimum atomic E-state index is -0.319. The maximum Gasteiger partial charge on any atom is 0.213 e. The number of guanidine groups is 1. The van der Waals surface area contributed by atoms with Gasteiger partial charge in [0, 0.05) is 19.2 Å². The summed E-state index contributed by atoms with van der Waals surface area (Å²) in [5.74, 6) is 1.37. The SMILES string of the molecule is CN=C(NCc1cccc(OC)n1)NCC(C)Oc1cccc(F)c1.I. The minimum Gasteiger partial charge on any atom is -0.489 e. The molecule has 0 fully saturated rings. The summed E-state index contributed by atoms with van der Waals surface area (Å²) in [6.07, 6.45) is -0.157. The van der Waals surface area contributed by atoms with Crippen molar-refractivity contribution in [2.75, 3.05) is 20.7 Å². The Labute approximate surface area is 170 Å². The quantitative estimate of drug-likeness (QED) is 0.367. The van der Waals surface area contributed by atoms with E-state index in [0.717, 1.165) is 5.69 Å². The van der Waals surface area contributed by atoms with E-state index in [1.807, 2.05) is 19.1 Å². The summed E-state index contributed by atoms with van der Waals surface area (Å²) in [7, 11) is 3.27. The lowest BCUT2D eigenvalue weighted by atomic mass is 10.3. The van der Waals surface area contributed by atoms with Crippen LogP contribution in [0, 0.1) is 5.82 Å². The summed E-state index contributed by atoms with van der Waals surface area (Å²) < 4.78 is 23.9. The Morgan fingerprint density at radius 1 is 1.23 bits per heavy atom. The third-order valence-electron chi connectivity index (χ3n) is 3.34. The number of methoxy groups -OCH3 is 1. The zero-order chi connectivity index (χ0) is 18.1. The first-order valence-corrected chi connectivity index (χ1v) is 7.97. The molecule has 0 amide bonds. The fraction of sp³-hybridized carbons (Fsp3) is 0.333. The summed E-state index contributed by atoms with van der Waals surface area (Å²) in [6, 6.07) is 11.7. The molecule has 1 unspecified atom stereocenters. The topological polar surface area (TPSA) is 67.8 Å². The summed E-state index contributed by atoms with van der Waals surface area (Å²) in [5, 5.41) is 6.33. The van der Waals surface area contributed by atoms with Crippen LogP contribution in [0.4, 0.5) is 4.39 Å². The Hall–Kier alpha value is -2.10. The smallest absolute Gasteiger partial charge is 0.213 e. The molecule has 0 aliphatic carbocycles. The van der Waals surface area contributed by atoms with Gasteiger partial charge in [0.25, 0.3) is 0 Å². The van der Waals surface area contributed by atoms with E-state index in [4.69, 9.17) is 9.47 Å². The Morgan fingerprint density at radius 2 is 2.00 bits per heavy atom. The van der Waals surface area contributed by atoms with Crippen LogP contribution in [0.15, 0.2) is 47.5 Å². The van der Waals surface area contributed by atoms with E-state index in [1.54, 1.807) is 32.4 Å². The van der Waals surface area contributed by atoms with Crippen LogP contribution in [0.5, 0.6) is 11.6 Å². The van der Waals surface area contributed by atoms with Crippen LogP contribution in [0.3, 0.4) is 0 Å². The summed E-state index contributed by atoms with van der Waals surface area (Å²) in [5.41, 5.74) is 0.839. The number of pyridine rings is 1.